The van der Waals surface area contributed by atoms with E-state index >= 15 is 0 Å². The Bertz CT molecular complexity index is 637. The summed E-state index contributed by atoms with van der Waals surface area (Å²) in [7, 11) is 1.24. The Morgan fingerprint density at radius 3 is 1.96 bits per heavy atom. The number of aliphatic carboxylic acids is 1. The molecular weight excluding hydrogens is 340 g/mol. The number of hydrogen-bond acceptors (Lipinski definition) is 6. The fourth-order valence-electron chi connectivity index (χ4n) is 2.36. The zero-order chi connectivity index (χ0) is 19.4. The van der Waals surface area contributed by atoms with E-state index in [0.717, 1.165) is 25.7 Å². The van der Waals surface area contributed by atoms with Gasteiger partial charge in [-0.15, -0.1) is 0 Å². The lowest BCUT2D eigenvalue weighted by atomic mass is 10.1. The molecule has 1 rings (SSSR count). The normalized spacial score (nSPS) is 10.2. The summed E-state index contributed by atoms with van der Waals surface area (Å²) in [5.41, 5.74) is 0.317. The summed E-state index contributed by atoms with van der Waals surface area (Å²) in [5, 5.41) is 8.52. The number of carboxylic acids is 1. The van der Waals surface area contributed by atoms with Gasteiger partial charge in [0.15, 0.2) is 0 Å². The molecule has 0 aromatic heterocycles. The summed E-state index contributed by atoms with van der Waals surface area (Å²) >= 11 is 0. The highest BCUT2D eigenvalue weighted by Gasteiger charge is 2.15. The molecule has 0 saturated carbocycles. The van der Waals surface area contributed by atoms with E-state index in [-0.39, 0.29) is 24.0 Å². The Hall–Kier alpha value is -2.70. The van der Waals surface area contributed by atoms with Crippen molar-refractivity contribution in [2.75, 3.05) is 7.11 Å². The highest BCUT2D eigenvalue weighted by molar-refractivity contribution is 5.99. The number of unbranched alkanes of at least 4 members (excludes halogenated alkanes) is 5. The maximum absolute atomic E-state index is 11.9. The largest absolute Gasteiger partial charge is 0.481 e. The predicted octanol–water partition coefficient (Wildman–Crippen LogP) is 3.36. The van der Waals surface area contributed by atoms with Crippen LogP contribution in [0.5, 0.6) is 0 Å². The molecule has 142 valence electrons. The molecule has 26 heavy (non-hydrogen) atoms. The lowest BCUT2D eigenvalue weighted by molar-refractivity contribution is -0.138. The van der Waals surface area contributed by atoms with Crippen LogP contribution < -0.4 is 0 Å². The first-order chi connectivity index (χ1) is 12.4. The Morgan fingerprint density at radius 1 is 0.846 bits per heavy atom. The monoisotopic (exact) mass is 364 g/mol. The predicted molar refractivity (Wildman–Crippen MR) is 92.8 cm³/mol. The van der Waals surface area contributed by atoms with E-state index < -0.39 is 23.9 Å². The number of ether oxygens (including phenoxy) is 2. The van der Waals surface area contributed by atoms with Gasteiger partial charge in [0.05, 0.1) is 18.2 Å². The van der Waals surface area contributed by atoms with Crippen LogP contribution >= 0.6 is 0 Å². The van der Waals surface area contributed by atoms with Gasteiger partial charge in [0.25, 0.3) is 0 Å². The number of methoxy groups -OCH3 is 1. The molecule has 0 heterocycles. The number of hydrogen-bond donors (Lipinski definition) is 1. The van der Waals surface area contributed by atoms with Gasteiger partial charge in [-0.05, 0) is 31.0 Å². The first kappa shape index (κ1) is 21.3. The lowest BCUT2D eigenvalue weighted by Gasteiger charge is -2.05. The molecule has 1 aromatic carbocycles. The van der Waals surface area contributed by atoms with Crippen LogP contribution in [0.3, 0.4) is 0 Å². The van der Waals surface area contributed by atoms with Crippen LogP contribution in [0.25, 0.3) is 0 Å². The van der Waals surface area contributed by atoms with Crippen molar-refractivity contribution in [3.05, 3.63) is 35.4 Å². The summed E-state index contributed by atoms with van der Waals surface area (Å²) in [6.45, 7) is 0. The first-order valence-corrected chi connectivity index (χ1v) is 8.59. The van der Waals surface area contributed by atoms with Crippen LogP contribution in [0.2, 0.25) is 0 Å². The second-order valence-corrected chi connectivity index (χ2v) is 5.85. The number of carboxylic acid groups (broad SMARTS) is 1. The molecule has 7 heteroatoms. The van der Waals surface area contributed by atoms with Gasteiger partial charge in [-0.25, -0.2) is 9.59 Å². The molecular formula is C19H24O7. The van der Waals surface area contributed by atoms with Crippen molar-refractivity contribution in [1.29, 1.82) is 0 Å². The summed E-state index contributed by atoms with van der Waals surface area (Å²) in [6.07, 6.45) is 5.08. The van der Waals surface area contributed by atoms with Gasteiger partial charge < -0.3 is 14.6 Å². The molecule has 0 unspecified atom stereocenters. The second kappa shape index (κ2) is 11.8. The smallest absolute Gasteiger partial charge is 0.345 e. The molecule has 0 saturated heterocycles. The van der Waals surface area contributed by atoms with Crippen LogP contribution in [-0.2, 0) is 19.1 Å². The second-order valence-electron chi connectivity index (χ2n) is 5.85. The average Bonchev–Trinajstić information content (AvgIpc) is 2.63. The first-order valence-electron chi connectivity index (χ1n) is 8.59. The third kappa shape index (κ3) is 8.41. The maximum atomic E-state index is 11.9. The fourth-order valence-corrected chi connectivity index (χ4v) is 2.36. The van der Waals surface area contributed by atoms with E-state index in [1.165, 1.54) is 31.4 Å². The summed E-state index contributed by atoms with van der Waals surface area (Å²) in [6, 6.07) is 5.79. The molecule has 0 aliphatic heterocycles. The Balaban J connectivity index is 2.25. The molecule has 0 aliphatic rings. The van der Waals surface area contributed by atoms with Crippen molar-refractivity contribution in [2.24, 2.45) is 0 Å². The van der Waals surface area contributed by atoms with Crippen LogP contribution in [0.4, 0.5) is 0 Å². The number of benzene rings is 1. The quantitative estimate of drug-likeness (QED) is 0.364. The number of carbonyl (C=O) groups excluding carboxylic acids is 3. The van der Waals surface area contributed by atoms with Gasteiger partial charge in [-0.1, -0.05) is 31.7 Å². The fraction of sp³-hybridized carbons (Fsp3) is 0.474. The lowest BCUT2D eigenvalue weighted by Crippen LogP contribution is -2.13. The molecule has 1 aromatic rings. The van der Waals surface area contributed by atoms with Gasteiger partial charge >= 0.3 is 23.9 Å². The molecule has 0 bridgehead atoms. The van der Waals surface area contributed by atoms with Gasteiger partial charge in [0.2, 0.25) is 0 Å². The summed E-state index contributed by atoms with van der Waals surface area (Å²) in [5.74, 6) is -2.76. The molecule has 0 spiro atoms. The van der Waals surface area contributed by atoms with Crippen molar-refractivity contribution in [3.63, 3.8) is 0 Å². The van der Waals surface area contributed by atoms with E-state index in [0.29, 0.717) is 12.8 Å². The molecule has 0 amide bonds. The Kier molecular flexibility index (Phi) is 9.67. The van der Waals surface area contributed by atoms with Crippen molar-refractivity contribution >= 4 is 23.9 Å². The van der Waals surface area contributed by atoms with Gasteiger partial charge in [-0.3, -0.25) is 9.59 Å². The van der Waals surface area contributed by atoms with Crippen LogP contribution in [-0.4, -0.2) is 36.1 Å². The van der Waals surface area contributed by atoms with E-state index in [9.17, 15) is 19.2 Å². The van der Waals surface area contributed by atoms with Gasteiger partial charge in [0, 0.05) is 12.8 Å². The Labute approximate surface area is 152 Å². The molecule has 0 fully saturated rings. The van der Waals surface area contributed by atoms with E-state index in [4.69, 9.17) is 9.84 Å². The third-order valence-corrected chi connectivity index (χ3v) is 3.75. The highest BCUT2D eigenvalue weighted by Crippen LogP contribution is 2.11. The topological polar surface area (TPSA) is 107 Å². The van der Waals surface area contributed by atoms with E-state index in [1.54, 1.807) is 0 Å². The average molecular weight is 364 g/mol. The minimum Gasteiger partial charge on any atom is -0.481 e. The van der Waals surface area contributed by atoms with Gasteiger partial charge in [0.1, 0.15) is 0 Å². The zero-order valence-electron chi connectivity index (χ0n) is 14.9. The highest BCUT2D eigenvalue weighted by atomic mass is 16.6. The molecule has 7 nitrogen and oxygen atoms in total. The summed E-state index contributed by atoms with van der Waals surface area (Å²) < 4.78 is 9.36. The van der Waals surface area contributed by atoms with E-state index in [1.807, 2.05) is 0 Å². The van der Waals surface area contributed by atoms with Crippen LogP contribution in [0.1, 0.15) is 72.1 Å². The van der Waals surface area contributed by atoms with Gasteiger partial charge in [-0.2, -0.15) is 0 Å². The molecule has 1 N–H and O–H groups in total. The molecule has 0 radical (unpaired) electrons. The van der Waals surface area contributed by atoms with Crippen molar-refractivity contribution in [2.45, 2.75) is 51.4 Å². The number of rotatable bonds is 11. The maximum Gasteiger partial charge on any atom is 0.345 e. The van der Waals surface area contributed by atoms with Crippen molar-refractivity contribution < 1.29 is 33.8 Å². The number of carbonyl (C=O) groups is 4. The van der Waals surface area contributed by atoms with E-state index in [2.05, 4.69) is 4.74 Å². The third-order valence-electron chi connectivity index (χ3n) is 3.75. The Morgan fingerprint density at radius 2 is 1.38 bits per heavy atom. The van der Waals surface area contributed by atoms with Crippen LogP contribution in [0.15, 0.2) is 24.3 Å². The van der Waals surface area contributed by atoms with Crippen molar-refractivity contribution in [1.82, 2.24) is 0 Å². The SMILES string of the molecule is COC(=O)c1cccc(C(=O)OC(=O)CCCCCCCCC(=O)O)c1. The zero-order valence-corrected chi connectivity index (χ0v) is 14.9. The molecule has 0 atom stereocenters. The molecule has 0 aliphatic carbocycles. The minimum atomic E-state index is -0.797. The van der Waals surface area contributed by atoms with Crippen LogP contribution in [0, 0.1) is 0 Å². The minimum absolute atomic E-state index is 0.111. The standard InChI is InChI=1S/C19H24O7/c1-25-18(23)14-9-8-10-15(13-14)19(24)26-17(22)12-7-5-3-2-4-6-11-16(20)21/h8-10,13H,2-7,11-12H2,1H3,(H,20,21). The number of esters is 3. The van der Waals surface area contributed by atoms with Crippen molar-refractivity contribution in [3.8, 4) is 0 Å². The summed E-state index contributed by atoms with van der Waals surface area (Å²) in [4.78, 5) is 45.5.